The number of guanidine groups is 1. The van der Waals surface area contributed by atoms with Crippen LogP contribution in [0.3, 0.4) is 0 Å². The fraction of sp³-hybridized carbons (Fsp3) is 0.889. The maximum Gasteiger partial charge on any atom is 0.410 e. The largest absolute Gasteiger partial charge is 0.444 e. The van der Waals surface area contributed by atoms with E-state index < -0.39 is 5.60 Å². The molecular formula is C18H33IN4O4. The van der Waals surface area contributed by atoms with E-state index >= 15 is 0 Å². The molecule has 0 aromatic heterocycles. The van der Waals surface area contributed by atoms with Crippen molar-refractivity contribution >= 4 is 36.0 Å². The lowest BCUT2D eigenvalue weighted by molar-refractivity contribution is 0.0137. The van der Waals surface area contributed by atoms with E-state index in [4.69, 9.17) is 14.2 Å². The standard InChI is InChI=1S/C18H32N4O4.HI/c1-18(2,3)26-17(23)21-7-8-22-14(12-21)11-20-16(22)19-6-4-9-25-15-5-10-24-13-15;/h14-15H,4-13H2,1-3H3,(H,19,20);1H. The van der Waals surface area contributed by atoms with Crippen LogP contribution in [0.15, 0.2) is 4.99 Å². The predicted molar refractivity (Wildman–Crippen MR) is 114 cm³/mol. The van der Waals surface area contributed by atoms with Crippen LogP contribution in [0.2, 0.25) is 0 Å². The minimum Gasteiger partial charge on any atom is -0.444 e. The summed E-state index contributed by atoms with van der Waals surface area (Å²) in [5.41, 5.74) is -0.459. The molecule has 3 aliphatic rings. The van der Waals surface area contributed by atoms with E-state index in [2.05, 4.69) is 15.2 Å². The molecule has 1 N–H and O–H groups in total. The molecule has 0 radical (unpaired) electrons. The van der Waals surface area contributed by atoms with E-state index in [1.54, 1.807) is 4.90 Å². The first-order valence-electron chi connectivity index (χ1n) is 9.64. The summed E-state index contributed by atoms with van der Waals surface area (Å²) in [6.07, 6.45) is 1.98. The summed E-state index contributed by atoms with van der Waals surface area (Å²) >= 11 is 0. The number of carbonyl (C=O) groups excluding carboxylic acids is 1. The van der Waals surface area contributed by atoms with Gasteiger partial charge in [0.2, 0.25) is 0 Å². The molecule has 0 aromatic rings. The van der Waals surface area contributed by atoms with E-state index in [9.17, 15) is 4.79 Å². The molecular weight excluding hydrogens is 463 g/mol. The van der Waals surface area contributed by atoms with Gasteiger partial charge < -0.3 is 29.3 Å². The number of nitrogens with zero attached hydrogens (tertiary/aromatic N) is 3. The number of carbonyl (C=O) groups is 1. The Bertz CT molecular complexity index is 520. The molecule has 0 aromatic carbocycles. The number of aliphatic imine (C=N–C) groups is 1. The highest BCUT2D eigenvalue weighted by molar-refractivity contribution is 14.0. The number of ether oxygens (including phenoxy) is 3. The highest BCUT2D eigenvalue weighted by Gasteiger charge is 2.36. The van der Waals surface area contributed by atoms with E-state index in [1.165, 1.54) is 0 Å². The molecule has 9 heteroatoms. The van der Waals surface area contributed by atoms with Crippen LogP contribution in [0.5, 0.6) is 0 Å². The number of fused-ring (bicyclic) bond motifs is 1. The second-order valence-corrected chi connectivity index (χ2v) is 8.07. The zero-order chi connectivity index (χ0) is 18.6. The second-order valence-electron chi connectivity index (χ2n) is 8.07. The fourth-order valence-electron chi connectivity index (χ4n) is 3.39. The summed E-state index contributed by atoms with van der Waals surface area (Å²) in [5, 5.41) is 3.42. The second kappa shape index (κ2) is 10.1. The molecule has 8 nitrogen and oxygen atoms in total. The summed E-state index contributed by atoms with van der Waals surface area (Å²) < 4.78 is 16.6. The Balaban J connectivity index is 0.00000261. The first kappa shape index (κ1) is 22.5. The van der Waals surface area contributed by atoms with Gasteiger partial charge in [-0.3, -0.25) is 4.99 Å². The molecule has 2 fully saturated rings. The lowest BCUT2D eigenvalue weighted by Gasteiger charge is -2.39. The molecule has 0 aliphatic carbocycles. The molecule has 0 spiro atoms. The molecule has 2 atom stereocenters. The van der Waals surface area contributed by atoms with Crippen LogP contribution in [0, 0.1) is 0 Å². The third-order valence-electron chi connectivity index (χ3n) is 4.70. The number of hydrogen-bond donors (Lipinski definition) is 1. The van der Waals surface area contributed by atoms with Crippen LogP contribution < -0.4 is 5.32 Å². The Morgan fingerprint density at radius 1 is 1.37 bits per heavy atom. The van der Waals surface area contributed by atoms with Crippen LogP contribution in [-0.4, -0.2) is 92.1 Å². The number of nitrogens with one attached hydrogen (secondary N) is 1. The summed E-state index contributed by atoms with van der Waals surface area (Å²) in [4.78, 5) is 20.9. The lowest BCUT2D eigenvalue weighted by atomic mass is 10.2. The summed E-state index contributed by atoms with van der Waals surface area (Å²) in [6, 6.07) is 0.241. The third-order valence-corrected chi connectivity index (χ3v) is 4.70. The van der Waals surface area contributed by atoms with Crippen molar-refractivity contribution in [3.8, 4) is 0 Å². The van der Waals surface area contributed by atoms with Crippen molar-refractivity contribution in [3.05, 3.63) is 0 Å². The molecule has 156 valence electrons. The van der Waals surface area contributed by atoms with Crippen molar-refractivity contribution in [3.63, 3.8) is 0 Å². The normalized spacial score (nSPS) is 24.9. The molecule has 1 amide bonds. The van der Waals surface area contributed by atoms with E-state index in [0.717, 1.165) is 58.3 Å². The number of amides is 1. The minimum absolute atomic E-state index is 0. The first-order valence-corrected chi connectivity index (χ1v) is 9.64. The smallest absolute Gasteiger partial charge is 0.410 e. The molecule has 0 bridgehead atoms. The van der Waals surface area contributed by atoms with E-state index in [1.807, 2.05) is 20.8 Å². The molecule has 0 saturated carbocycles. The topological polar surface area (TPSA) is 75.6 Å². The Morgan fingerprint density at radius 3 is 2.89 bits per heavy atom. The lowest BCUT2D eigenvalue weighted by Crippen LogP contribution is -2.57. The Labute approximate surface area is 179 Å². The Kier molecular flexibility index (Phi) is 8.41. The van der Waals surface area contributed by atoms with Crippen LogP contribution in [0.4, 0.5) is 4.79 Å². The van der Waals surface area contributed by atoms with Gasteiger partial charge in [-0.1, -0.05) is 0 Å². The molecule has 2 saturated heterocycles. The monoisotopic (exact) mass is 496 g/mol. The van der Waals surface area contributed by atoms with Crippen molar-refractivity contribution in [2.45, 2.75) is 51.4 Å². The van der Waals surface area contributed by atoms with Crippen molar-refractivity contribution in [2.24, 2.45) is 4.99 Å². The van der Waals surface area contributed by atoms with Gasteiger partial charge >= 0.3 is 6.09 Å². The van der Waals surface area contributed by atoms with Crippen LogP contribution in [0.25, 0.3) is 0 Å². The predicted octanol–water partition coefficient (Wildman–Crippen LogP) is 1.68. The Morgan fingerprint density at radius 2 is 2.19 bits per heavy atom. The molecule has 3 aliphatic heterocycles. The van der Waals surface area contributed by atoms with Gasteiger partial charge in [-0.15, -0.1) is 24.0 Å². The third kappa shape index (κ3) is 6.63. The van der Waals surface area contributed by atoms with Gasteiger partial charge in [0.1, 0.15) is 5.60 Å². The molecule has 27 heavy (non-hydrogen) atoms. The van der Waals surface area contributed by atoms with Gasteiger partial charge in [-0.25, -0.2) is 4.79 Å². The van der Waals surface area contributed by atoms with Gasteiger partial charge in [-0.2, -0.15) is 0 Å². The van der Waals surface area contributed by atoms with Gasteiger partial charge in [0.15, 0.2) is 5.96 Å². The van der Waals surface area contributed by atoms with Crippen molar-refractivity contribution in [1.82, 2.24) is 15.1 Å². The fourth-order valence-corrected chi connectivity index (χ4v) is 3.39. The van der Waals surface area contributed by atoms with Crippen LogP contribution >= 0.6 is 24.0 Å². The molecule has 2 unspecified atom stereocenters. The average molecular weight is 496 g/mol. The number of rotatable bonds is 5. The maximum atomic E-state index is 12.2. The average Bonchev–Trinajstić information content (AvgIpc) is 3.22. The number of hydrogen-bond acceptors (Lipinski definition) is 7. The first-order chi connectivity index (χ1) is 12.4. The van der Waals surface area contributed by atoms with Crippen LogP contribution in [-0.2, 0) is 14.2 Å². The summed E-state index contributed by atoms with van der Waals surface area (Å²) in [5.74, 6) is 0.947. The minimum atomic E-state index is -0.459. The zero-order valence-electron chi connectivity index (χ0n) is 16.6. The Hall–Kier alpha value is -0.810. The number of piperazine rings is 1. The maximum absolute atomic E-state index is 12.2. The zero-order valence-corrected chi connectivity index (χ0v) is 18.9. The molecule has 3 rings (SSSR count). The SMILES string of the molecule is CC(C)(C)OC(=O)N1CCN2C(NCCCOC3CCOC3)=NCC2C1.I. The van der Waals surface area contributed by atoms with E-state index in [-0.39, 0.29) is 42.2 Å². The quantitative estimate of drug-likeness (QED) is 0.461. The van der Waals surface area contributed by atoms with Crippen molar-refractivity contribution in [2.75, 3.05) is 52.5 Å². The van der Waals surface area contributed by atoms with Gasteiger partial charge in [0.05, 0.1) is 25.3 Å². The number of halogens is 1. The highest BCUT2D eigenvalue weighted by Crippen LogP contribution is 2.18. The van der Waals surface area contributed by atoms with Crippen LogP contribution in [0.1, 0.15) is 33.6 Å². The summed E-state index contributed by atoms with van der Waals surface area (Å²) in [6.45, 7) is 11.6. The highest BCUT2D eigenvalue weighted by atomic mass is 127. The van der Waals surface area contributed by atoms with Gasteiger partial charge in [0.25, 0.3) is 0 Å². The van der Waals surface area contributed by atoms with Crippen molar-refractivity contribution in [1.29, 1.82) is 0 Å². The van der Waals surface area contributed by atoms with E-state index in [0.29, 0.717) is 13.1 Å². The van der Waals surface area contributed by atoms with Gasteiger partial charge in [0, 0.05) is 39.4 Å². The summed E-state index contributed by atoms with van der Waals surface area (Å²) in [7, 11) is 0. The molecule has 3 heterocycles. The van der Waals surface area contributed by atoms with Gasteiger partial charge in [-0.05, 0) is 33.6 Å². The van der Waals surface area contributed by atoms with Crippen molar-refractivity contribution < 1.29 is 19.0 Å².